The van der Waals surface area contributed by atoms with Crippen molar-refractivity contribution in [2.45, 2.75) is 38.8 Å². The lowest BCUT2D eigenvalue weighted by Crippen LogP contribution is -2.45. The number of nitrogens with two attached hydrogens (primary N) is 1. The summed E-state index contributed by atoms with van der Waals surface area (Å²) in [5.74, 6) is 1.30. The first-order valence-electron chi connectivity index (χ1n) is 9.85. The Morgan fingerprint density at radius 1 is 1.29 bits per heavy atom. The minimum absolute atomic E-state index is 0.230. The number of dihydropyridines is 2. The largest absolute Gasteiger partial charge is 0.384 e. The zero-order valence-electron chi connectivity index (χ0n) is 16.4. The zero-order chi connectivity index (χ0) is 19.7. The number of ether oxygens (including phenoxy) is 1. The summed E-state index contributed by atoms with van der Waals surface area (Å²) in [4.78, 5) is 6.96. The fraction of sp³-hybridized carbons (Fsp3) is 0.429. The van der Waals surface area contributed by atoms with Gasteiger partial charge in [0.2, 0.25) is 0 Å². The van der Waals surface area contributed by atoms with Crippen molar-refractivity contribution in [2.24, 2.45) is 16.6 Å². The second-order valence-electron chi connectivity index (χ2n) is 7.84. The predicted molar refractivity (Wildman–Crippen MR) is 111 cm³/mol. The van der Waals surface area contributed by atoms with E-state index in [0.29, 0.717) is 23.7 Å². The second-order valence-corrected chi connectivity index (χ2v) is 7.84. The first-order valence-corrected chi connectivity index (χ1v) is 9.85. The van der Waals surface area contributed by atoms with Crippen molar-refractivity contribution < 1.29 is 4.74 Å². The summed E-state index contributed by atoms with van der Waals surface area (Å²) < 4.78 is 5.70. The molecule has 0 amide bonds. The molecule has 0 aliphatic carbocycles. The van der Waals surface area contributed by atoms with Crippen LogP contribution in [0.2, 0.25) is 0 Å². The fourth-order valence-corrected chi connectivity index (χ4v) is 4.06. The number of morpholine rings is 1. The highest BCUT2D eigenvalue weighted by atomic mass is 16.5. The highest BCUT2D eigenvalue weighted by Gasteiger charge is 2.38. The number of aliphatic imine (C=N–C) groups is 1. The van der Waals surface area contributed by atoms with E-state index in [9.17, 15) is 0 Å². The lowest BCUT2D eigenvalue weighted by Gasteiger charge is -2.38. The summed E-state index contributed by atoms with van der Waals surface area (Å²) in [5, 5.41) is 14.3. The van der Waals surface area contributed by atoms with E-state index in [2.05, 4.69) is 32.8 Å². The minimum Gasteiger partial charge on any atom is -0.384 e. The van der Waals surface area contributed by atoms with Crippen molar-refractivity contribution in [1.82, 2.24) is 15.5 Å². The van der Waals surface area contributed by atoms with Gasteiger partial charge >= 0.3 is 0 Å². The van der Waals surface area contributed by atoms with Gasteiger partial charge in [0.25, 0.3) is 0 Å². The molecule has 4 rings (SSSR count). The molecule has 4 aliphatic heterocycles. The number of hydrogen-bond donors (Lipinski definition) is 4. The molecule has 0 aromatic heterocycles. The van der Waals surface area contributed by atoms with Crippen molar-refractivity contribution >= 4 is 12.1 Å². The van der Waals surface area contributed by atoms with Crippen molar-refractivity contribution in [3.8, 4) is 0 Å². The lowest BCUT2D eigenvalue weighted by molar-refractivity contribution is 0.00496. The van der Waals surface area contributed by atoms with E-state index in [-0.39, 0.29) is 5.92 Å². The van der Waals surface area contributed by atoms with Gasteiger partial charge in [-0.2, -0.15) is 0 Å². The Kier molecular flexibility index (Phi) is 5.09. The van der Waals surface area contributed by atoms with Gasteiger partial charge in [-0.05, 0) is 48.6 Å². The zero-order valence-corrected chi connectivity index (χ0v) is 16.4. The molecule has 2 atom stereocenters. The van der Waals surface area contributed by atoms with Crippen LogP contribution in [-0.2, 0) is 4.74 Å². The maximum absolute atomic E-state index is 7.50. The Hall–Kier alpha value is -2.80. The summed E-state index contributed by atoms with van der Waals surface area (Å²) in [6, 6.07) is 0.921. The van der Waals surface area contributed by atoms with Crippen LogP contribution in [0.3, 0.4) is 0 Å². The standard InChI is InChI=1S/C21H28N6O/c1-13(2)14(9-22)7-20(23)26-21-6-5-18-19(25-21)8-17(10-24-18)27-15-3-4-16(27)12-28-11-15/h5-10,13,15-16,22,24-25H,3-4,11-12H2,1-2H3,(H2,23,26). The molecule has 2 fully saturated rings. The summed E-state index contributed by atoms with van der Waals surface area (Å²) in [5.41, 5.74) is 10.1. The minimum atomic E-state index is 0.230. The van der Waals surface area contributed by atoms with Crippen molar-refractivity contribution in [1.29, 1.82) is 5.41 Å². The van der Waals surface area contributed by atoms with Gasteiger partial charge in [-0.1, -0.05) is 13.8 Å². The van der Waals surface area contributed by atoms with Gasteiger partial charge in [0.1, 0.15) is 11.7 Å². The van der Waals surface area contributed by atoms with Crippen LogP contribution >= 0.6 is 0 Å². The van der Waals surface area contributed by atoms with Crippen LogP contribution in [0.15, 0.2) is 64.0 Å². The molecule has 0 aromatic rings. The molecule has 148 valence electrons. The molecular formula is C21H28N6O. The van der Waals surface area contributed by atoms with Gasteiger partial charge in [0.05, 0.1) is 42.4 Å². The maximum atomic E-state index is 7.50. The van der Waals surface area contributed by atoms with Crippen LogP contribution < -0.4 is 16.4 Å². The number of fused-ring (bicyclic) bond motifs is 3. The average Bonchev–Trinajstić information content (AvgIpc) is 2.93. The molecule has 5 N–H and O–H groups in total. The van der Waals surface area contributed by atoms with Crippen molar-refractivity contribution in [3.63, 3.8) is 0 Å². The quantitative estimate of drug-likeness (QED) is 0.432. The summed E-state index contributed by atoms with van der Waals surface area (Å²) >= 11 is 0. The van der Waals surface area contributed by atoms with Crippen LogP contribution in [0.1, 0.15) is 26.7 Å². The summed E-state index contributed by atoms with van der Waals surface area (Å²) in [6.07, 6.45) is 13.6. The topological polar surface area (TPSA) is 98.8 Å². The van der Waals surface area contributed by atoms with Crippen LogP contribution in [0.5, 0.6) is 0 Å². The van der Waals surface area contributed by atoms with Gasteiger partial charge in [-0.3, -0.25) is 0 Å². The van der Waals surface area contributed by atoms with Gasteiger partial charge in [0, 0.05) is 12.4 Å². The number of nitrogens with zero attached hydrogens (tertiary/aromatic N) is 2. The van der Waals surface area contributed by atoms with Gasteiger partial charge < -0.3 is 31.4 Å². The monoisotopic (exact) mass is 380 g/mol. The first-order chi connectivity index (χ1) is 13.5. The summed E-state index contributed by atoms with van der Waals surface area (Å²) in [6.45, 7) is 5.66. The van der Waals surface area contributed by atoms with Gasteiger partial charge in [0.15, 0.2) is 0 Å². The third-order valence-corrected chi connectivity index (χ3v) is 5.56. The molecule has 4 heterocycles. The smallest absolute Gasteiger partial charge is 0.132 e. The Morgan fingerprint density at radius 2 is 2.04 bits per heavy atom. The molecule has 0 aromatic carbocycles. The van der Waals surface area contributed by atoms with Gasteiger partial charge in [-0.25, -0.2) is 4.99 Å². The molecule has 2 bridgehead atoms. The number of allylic oxidation sites excluding steroid dienone is 4. The number of amidine groups is 1. The number of hydrogen-bond acceptors (Lipinski definition) is 6. The molecule has 0 radical (unpaired) electrons. The lowest BCUT2D eigenvalue weighted by atomic mass is 10.0. The van der Waals surface area contributed by atoms with Crippen LogP contribution in [0.25, 0.3) is 0 Å². The molecule has 0 saturated carbocycles. The van der Waals surface area contributed by atoms with E-state index in [1.54, 1.807) is 6.08 Å². The van der Waals surface area contributed by atoms with Crippen molar-refractivity contribution in [3.05, 3.63) is 59.0 Å². The highest BCUT2D eigenvalue weighted by Crippen LogP contribution is 2.34. The molecule has 28 heavy (non-hydrogen) atoms. The number of rotatable bonds is 5. The van der Waals surface area contributed by atoms with Crippen LogP contribution in [0.4, 0.5) is 0 Å². The van der Waals surface area contributed by atoms with E-state index in [1.165, 1.54) is 24.8 Å². The Morgan fingerprint density at radius 3 is 2.71 bits per heavy atom. The van der Waals surface area contributed by atoms with Crippen LogP contribution in [-0.4, -0.2) is 42.2 Å². The van der Waals surface area contributed by atoms with E-state index in [0.717, 1.165) is 30.2 Å². The SMILES string of the molecule is CC(C)C(C=N)=CC(N)=NC1=CC=C2NC=C(N3C4CCC3COC4)C=C2N1. The van der Waals surface area contributed by atoms with Crippen LogP contribution in [0, 0.1) is 11.3 Å². The summed E-state index contributed by atoms with van der Waals surface area (Å²) in [7, 11) is 0. The Balaban J connectivity index is 1.51. The molecule has 7 heteroatoms. The normalized spacial score (nSPS) is 27.2. The van der Waals surface area contributed by atoms with Gasteiger partial charge in [-0.15, -0.1) is 0 Å². The molecule has 4 aliphatic rings. The molecule has 2 saturated heterocycles. The second kappa shape index (κ2) is 7.67. The number of nitrogens with one attached hydrogen (secondary N) is 3. The average molecular weight is 380 g/mol. The fourth-order valence-electron chi connectivity index (χ4n) is 4.06. The van der Waals surface area contributed by atoms with E-state index < -0.39 is 0 Å². The van der Waals surface area contributed by atoms with E-state index in [1.807, 2.05) is 26.0 Å². The molecule has 0 spiro atoms. The maximum Gasteiger partial charge on any atom is 0.132 e. The molecule has 7 nitrogen and oxygen atoms in total. The Labute approximate surface area is 165 Å². The van der Waals surface area contributed by atoms with E-state index >= 15 is 0 Å². The predicted octanol–water partition coefficient (Wildman–Crippen LogP) is 2.10. The molecular weight excluding hydrogens is 352 g/mol. The van der Waals surface area contributed by atoms with E-state index in [4.69, 9.17) is 15.9 Å². The third kappa shape index (κ3) is 3.62. The first kappa shape index (κ1) is 18.6. The third-order valence-electron chi connectivity index (χ3n) is 5.56. The molecule has 2 unspecified atom stereocenters. The Bertz CT molecular complexity index is 829. The highest BCUT2D eigenvalue weighted by molar-refractivity contribution is 5.97. The van der Waals surface area contributed by atoms with Crippen molar-refractivity contribution in [2.75, 3.05) is 13.2 Å².